The molecule has 0 atom stereocenters. The van der Waals surface area contributed by atoms with Crippen LogP contribution in [0.3, 0.4) is 0 Å². The molecule has 2 rings (SSSR count). The Kier molecular flexibility index (Phi) is 6.17. The number of anilines is 1. The molecule has 6 nitrogen and oxygen atoms in total. The smallest absolute Gasteiger partial charge is 0.321 e. The van der Waals surface area contributed by atoms with Gasteiger partial charge in [0, 0.05) is 24.8 Å². The molecule has 0 spiro atoms. The number of rotatable bonds is 7. The number of aromatic nitrogens is 1. The van der Waals surface area contributed by atoms with Gasteiger partial charge in [0.2, 0.25) is 5.88 Å². The van der Waals surface area contributed by atoms with Crippen LogP contribution in [-0.2, 0) is 4.74 Å². The largest absolute Gasteiger partial charge is 0.379 e. The molecular formula is C17H23N3O3. The number of carbonyl (C=O) groups excluding carboxylic acids is 1. The van der Waals surface area contributed by atoms with Crippen LogP contribution in [0.2, 0.25) is 0 Å². The first-order valence-electron chi connectivity index (χ1n) is 7.75. The molecule has 0 radical (unpaired) electrons. The highest BCUT2D eigenvalue weighted by molar-refractivity contribution is 5.88. The monoisotopic (exact) mass is 317 g/mol. The lowest BCUT2D eigenvalue weighted by atomic mass is 10.1. The third kappa shape index (κ3) is 5.41. The highest BCUT2D eigenvalue weighted by Crippen LogP contribution is 2.24. The van der Waals surface area contributed by atoms with Crippen molar-refractivity contribution in [2.45, 2.75) is 33.3 Å². The molecule has 2 amide bonds. The summed E-state index contributed by atoms with van der Waals surface area (Å²) in [6.07, 6.45) is 0.967. The van der Waals surface area contributed by atoms with E-state index in [0.717, 1.165) is 17.5 Å². The van der Waals surface area contributed by atoms with Gasteiger partial charge >= 0.3 is 6.03 Å². The van der Waals surface area contributed by atoms with Gasteiger partial charge in [-0.3, -0.25) is 5.32 Å². The Balaban J connectivity index is 1.80. The van der Waals surface area contributed by atoms with E-state index >= 15 is 0 Å². The SMILES string of the molecule is Cc1ccccc1-c1cc(NC(=O)NCCCOC(C)C)on1. The summed E-state index contributed by atoms with van der Waals surface area (Å²) in [7, 11) is 0. The zero-order valence-corrected chi connectivity index (χ0v) is 13.8. The Morgan fingerprint density at radius 1 is 1.35 bits per heavy atom. The third-order valence-corrected chi connectivity index (χ3v) is 3.23. The second kappa shape index (κ2) is 8.33. The van der Waals surface area contributed by atoms with E-state index in [4.69, 9.17) is 9.26 Å². The molecule has 0 unspecified atom stereocenters. The number of hydrogen-bond donors (Lipinski definition) is 2. The molecule has 0 fully saturated rings. The molecule has 0 saturated heterocycles. The van der Waals surface area contributed by atoms with Crippen molar-refractivity contribution >= 4 is 11.9 Å². The lowest BCUT2D eigenvalue weighted by molar-refractivity contribution is 0.0775. The van der Waals surface area contributed by atoms with Crippen LogP contribution >= 0.6 is 0 Å². The van der Waals surface area contributed by atoms with Gasteiger partial charge in [0.25, 0.3) is 0 Å². The minimum atomic E-state index is -0.318. The first kappa shape index (κ1) is 17.0. The van der Waals surface area contributed by atoms with Crippen molar-refractivity contribution in [2.24, 2.45) is 0 Å². The number of carbonyl (C=O) groups is 1. The highest BCUT2D eigenvalue weighted by Gasteiger charge is 2.10. The molecule has 2 aromatic rings. The van der Waals surface area contributed by atoms with Gasteiger partial charge in [-0.2, -0.15) is 0 Å². The van der Waals surface area contributed by atoms with E-state index in [1.54, 1.807) is 6.07 Å². The van der Waals surface area contributed by atoms with E-state index in [-0.39, 0.29) is 12.1 Å². The van der Waals surface area contributed by atoms with Gasteiger partial charge in [0.15, 0.2) is 0 Å². The Morgan fingerprint density at radius 3 is 2.87 bits per heavy atom. The van der Waals surface area contributed by atoms with Crippen molar-refractivity contribution in [1.82, 2.24) is 10.5 Å². The van der Waals surface area contributed by atoms with Crippen LogP contribution in [0.5, 0.6) is 0 Å². The predicted molar refractivity (Wildman–Crippen MR) is 89.4 cm³/mol. The molecule has 1 aromatic carbocycles. The van der Waals surface area contributed by atoms with E-state index in [0.29, 0.717) is 24.7 Å². The summed E-state index contributed by atoms with van der Waals surface area (Å²) in [5.41, 5.74) is 2.78. The quantitative estimate of drug-likeness (QED) is 0.765. The number of amides is 2. The molecular weight excluding hydrogens is 294 g/mol. The van der Waals surface area contributed by atoms with E-state index in [2.05, 4.69) is 15.8 Å². The number of benzene rings is 1. The zero-order valence-electron chi connectivity index (χ0n) is 13.8. The van der Waals surface area contributed by atoms with Gasteiger partial charge in [0.1, 0.15) is 5.69 Å². The van der Waals surface area contributed by atoms with Crippen molar-refractivity contribution in [2.75, 3.05) is 18.5 Å². The van der Waals surface area contributed by atoms with Crippen molar-refractivity contribution in [3.05, 3.63) is 35.9 Å². The molecule has 0 bridgehead atoms. The fourth-order valence-electron chi connectivity index (χ4n) is 2.07. The number of ether oxygens (including phenoxy) is 1. The van der Waals surface area contributed by atoms with Crippen molar-refractivity contribution in [3.63, 3.8) is 0 Å². The van der Waals surface area contributed by atoms with Gasteiger partial charge in [-0.25, -0.2) is 4.79 Å². The number of aryl methyl sites for hydroxylation is 1. The lowest BCUT2D eigenvalue weighted by Crippen LogP contribution is -2.30. The molecule has 1 aromatic heterocycles. The Morgan fingerprint density at radius 2 is 2.13 bits per heavy atom. The summed E-state index contributed by atoms with van der Waals surface area (Å²) >= 11 is 0. The molecule has 0 aliphatic rings. The first-order valence-corrected chi connectivity index (χ1v) is 7.75. The van der Waals surface area contributed by atoms with Crippen LogP contribution in [0.4, 0.5) is 10.7 Å². The van der Waals surface area contributed by atoms with Crippen molar-refractivity contribution < 1.29 is 14.1 Å². The molecule has 6 heteroatoms. The zero-order chi connectivity index (χ0) is 16.7. The van der Waals surface area contributed by atoms with E-state index in [1.807, 2.05) is 45.0 Å². The average Bonchev–Trinajstić information content (AvgIpc) is 2.95. The molecule has 0 saturated carbocycles. The normalized spacial score (nSPS) is 10.8. The lowest BCUT2D eigenvalue weighted by Gasteiger charge is -2.08. The molecule has 2 N–H and O–H groups in total. The van der Waals surface area contributed by atoms with Gasteiger partial charge in [-0.05, 0) is 32.8 Å². The van der Waals surface area contributed by atoms with Crippen molar-refractivity contribution in [3.8, 4) is 11.3 Å². The van der Waals surface area contributed by atoms with Crippen LogP contribution < -0.4 is 10.6 Å². The molecule has 23 heavy (non-hydrogen) atoms. The van der Waals surface area contributed by atoms with Crippen LogP contribution in [0, 0.1) is 6.92 Å². The molecule has 1 heterocycles. The minimum Gasteiger partial charge on any atom is -0.379 e. The molecule has 0 aliphatic carbocycles. The maximum Gasteiger partial charge on any atom is 0.321 e. The van der Waals surface area contributed by atoms with E-state index in [9.17, 15) is 4.79 Å². The van der Waals surface area contributed by atoms with Gasteiger partial charge in [-0.15, -0.1) is 0 Å². The summed E-state index contributed by atoms with van der Waals surface area (Å²) in [6.45, 7) is 7.13. The standard InChI is InChI=1S/C17H23N3O3/c1-12(2)22-10-6-9-18-17(21)19-16-11-15(20-23-16)14-8-5-4-7-13(14)3/h4-5,7-8,11-12H,6,9-10H2,1-3H3,(H2,18,19,21). The summed E-state index contributed by atoms with van der Waals surface area (Å²) in [5, 5.41) is 9.37. The third-order valence-electron chi connectivity index (χ3n) is 3.23. The second-order valence-electron chi connectivity index (χ2n) is 5.55. The summed E-state index contributed by atoms with van der Waals surface area (Å²) in [6, 6.07) is 9.27. The van der Waals surface area contributed by atoms with Crippen LogP contribution in [0.15, 0.2) is 34.9 Å². The average molecular weight is 317 g/mol. The number of nitrogens with one attached hydrogen (secondary N) is 2. The Bertz CT molecular complexity index is 638. The summed E-state index contributed by atoms with van der Waals surface area (Å²) < 4.78 is 10.6. The maximum atomic E-state index is 11.8. The first-order chi connectivity index (χ1) is 11.1. The van der Waals surface area contributed by atoms with Crippen molar-refractivity contribution in [1.29, 1.82) is 0 Å². The molecule has 0 aliphatic heterocycles. The number of nitrogens with zero attached hydrogens (tertiary/aromatic N) is 1. The maximum absolute atomic E-state index is 11.8. The van der Waals surface area contributed by atoms with E-state index in [1.165, 1.54) is 0 Å². The fourth-order valence-corrected chi connectivity index (χ4v) is 2.07. The molecule has 124 valence electrons. The Hall–Kier alpha value is -2.34. The summed E-state index contributed by atoms with van der Waals surface area (Å²) in [5.74, 6) is 0.319. The van der Waals surface area contributed by atoms with Crippen LogP contribution in [0.1, 0.15) is 25.8 Å². The van der Waals surface area contributed by atoms with Crippen LogP contribution in [0.25, 0.3) is 11.3 Å². The predicted octanol–water partition coefficient (Wildman–Crippen LogP) is 3.59. The second-order valence-corrected chi connectivity index (χ2v) is 5.55. The highest BCUT2D eigenvalue weighted by atomic mass is 16.5. The van der Waals surface area contributed by atoms with Gasteiger partial charge < -0.3 is 14.6 Å². The van der Waals surface area contributed by atoms with Crippen LogP contribution in [-0.4, -0.2) is 30.4 Å². The minimum absolute atomic E-state index is 0.206. The summed E-state index contributed by atoms with van der Waals surface area (Å²) in [4.78, 5) is 11.8. The number of hydrogen-bond acceptors (Lipinski definition) is 4. The van der Waals surface area contributed by atoms with Gasteiger partial charge in [-0.1, -0.05) is 29.4 Å². The number of urea groups is 1. The van der Waals surface area contributed by atoms with Gasteiger partial charge in [0.05, 0.1) is 6.10 Å². The fraction of sp³-hybridized carbons (Fsp3) is 0.412. The Labute approximate surface area is 136 Å². The van der Waals surface area contributed by atoms with E-state index < -0.39 is 0 Å². The topological polar surface area (TPSA) is 76.4 Å².